The Labute approximate surface area is 218 Å². The maximum atomic E-state index is 12.5. The summed E-state index contributed by atoms with van der Waals surface area (Å²) in [6, 6.07) is 23.8. The van der Waals surface area contributed by atoms with Crippen LogP contribution in [0.4, 0.5) is 11.4 Å². The van der Waals surface area contributed by atoms with Gasteiger partial charge < -0.3 is 10.6 Å². The lowest BCUT2D eigenvalue weighted by atomic mass is 10.0. The second-order valence-corrected chi connectivity index (χ2v) is 9.40. The molecule has 0 bridgehead atoms. The Balaban J connectivity index is 1.16. The van der Waals surface area contributed by atoms with E-state index in [9.17, 15) is 9.59 Å². The third kappa shape index (κ3) is 8.69. The van der Waals surface area contributed by atoms with Gasteiger partial charge in [0.15, 0.2) is 0 Å². The SMILES string of the molecule is CC(CCC(=O)Nc1ccc(Cc2ccncc2)cc1)CC(=O)Nc1ccc(Cc2ccncc2)cc1. The van der Waals surface area contributed by atoms with E-state index in [-0.39, 0.29) is 17.7 Å². The molecule has 0 saturated carbocycles. The van der Waals surface area contributed by atoms with Gasteiger partial charge in [-0.05, 0) is 96.0 Å². The van der Waals surface area contributed by atoms with Crippen molar-refractivity contribution in [3.8, 4) is 0 Å². The van der Waals surface area contributed by atoms with Crippen LogP contribution in [0.2, 0.25) is 0 Å². The minimum atomic E-state index is -0.0427. The zero-order valence-corrected chi connectivity index (χ0v) is 21.1. The fourth-order valence-electron chi connectivity index (χ4n) is 4.12. The Morgan fingerprint density at radius 1 is 0.622 bits per heavy atom. The van der Waals surface area contributed by atoms with E-state index >= 15 is 0 Å². The number of carbonyl (C=O) groups is 2. The number of carbonyl (C=O) groups excluding carboxylic acids is 2. The quantitative estimate of drug-likeness (QED) is 0.267. The lowest BCUT2D eigenvalue weighted by Crippen LogP contribution is -2.17. The molecule has 1 atom stereocenters. The van der Waals surface area contributed by atoms with E-state index in [2.05, 4.69) is 20.6 Å². The second-order valence-electron chi connectivity index (χ2n) is 9.40. The van der Waals surface area contributed by atoms with Crippen molar-refractivity contribution in [1.29, 1.82) is 0 Å². The van der Waals surface area contributed by atoms with Crippen LogP contribution in [0.15, 0.2) is 97.6 Å². The van der Waals surface area contributed by atoms with Crippen molar-refractivity contribution in [2.24, 2.45) is 5.92 Å². The highest BCUT2D eigenvalue weighted by Gasteiger charge is 2.12. The van der Waals surface area contributed by atoms with Gasteiger partial charge in [0.1, 0.15) is 0 Å². The van der Waals surface area contributed by atoms with Gasteiger partial charge in [-0.25, -0.2) is 0 Å². The van der Waals surface area contributed by atoms with Gasteiger partial charge in [0.25, 0.3) is 0 Å². The van der Waals surface area contributed by atoms with Crippen molar-refractivity contribution < 1.29 is 9.59 Å². The number of amides is 2. The third-order valence-electron chi connectivity index (χ3n) is 6.19. The van der Waals surface area contributed by atoms with Crippen molar-refractivity contribution in [1.82, 2.24) is 9.97 Å². The zero-order valence-electron chi connectivity index (χ0n) is 21.1. The van der Waals surface area contributed by atoms with Crippen LogP contribution >= 0.6 is 0 Å². The molecule has 1 unspecified atom stereocenters. The number of benzene rings is 2. The highest BCUT2D eigenvalue weighted by molar-refractivity contribution is 5.91. The van der Waals surface area contributed by atoms with E-state index < -0.39 is 0 Å². The predicted molar refractivity (Wildman–Crippen MR) is 147 cm³/mol. The molecule has 6 nitrogen and oxygen atoms in total. The number of aromatic nitrogens is 2. The highest BCUT2D eigenvalue weighted by atomic mass is 16.2. The summed E-state index contributed by atoms with van der Waals surface area (Å²) in [5.74, 6) is 0.0120. The Kier molecular flexibility index (Phi) is 9.13. The summed E-state index contributed by atoms with van der Waals surface area (Å²) in [5.41, 5.74) is 6.30. The molecule has 0 aliphatic heterocycles. The summed E-state index contributed by atoms with van der Waals surface area (Å²) in [6.07, 6.45) is 10.2. The van der Waals surface area contributed by atoms with Crippen LogP contribution in [0.3, 0.4) is 0 Å². The molecular formula is C31H32N4O2. The summed E-state index contributed by atoms with van der Waals surface area (Å²) in [4.78, 5) is 33.0. The first-order chi connectivity index (χ1) is 18.0. The molecule has 0 radical (unpaired) electrons. The number of anilines is 2. The van der Waals surface area contributed by atoms with E-state index in [1.165, 1.54) is 22.3 Å². The van der Waals surface area contributed by atoms with Crippen LogP contribution in [0.1, 0.15) is 48.4 Å². The van der Waals surface area contributed by atoms with E-state index in [0.717, 1.165) is 24.2 Å². The van der Waals surface area contributed by atoms with Gasteiger partial charge >= 0.3 is 0 Å². The largest absolute Gasteiger partial charge is 0.326 e. The predicted octanol–water partition coefficient (Wildman–Crippen LogP) is 6.04. The maximum Gasteiger partial charge on any atom is 0.224 e. The Hall–Kier alpha value is -4.32. The molecule has 37 heavy (non-hydrogen) atoms. The first kappa shape index (κ1) is 25.8. The first-order valence-corrected chi connectivity index (χ1v) is 12.6. The molecule has 0 saturated heterocycles. The molecule has 6 heteroatoms. The topological polar surface area (TPSA) is 84.0 Å². The summed E-state index contributed by atoms with van der Waals surface area (Å²) < 4.78 is 0. The molecule has 2 aromatic carbocycles. The number of pyridine rings is 2. The minimum absolute atomic E-state index is 0.0421. The van der Waals surface area contributed by atoms with Crippen molar-refractivity contribution in [3.63, 3.8) is 0 Å². The molecular weight excluding hydrogens is 460 g/mol. The Morgan fingerprint density at radius 2 is 1.03 bits per heavy atom. The minimum Gasteiger partial charge on any atom is -0.326 e. The molecule has 2 amide bonds. The smallest absolute Gasteiger partial charge is 0.224 e. The molecule has 2 N–H and O–H groups in total. The van der Waals surface area contributed by atoms with Crippen LogP contribution in [-0.4, -0.2) is 21.8 Å². The van der Waals surface area contributed by atoms with Gasteiger partial charge in [-0.1, -0.05) is 31.2 Å². The first-order valence-electron chi connectivity index (χ1n) is 12.6. The Bertz CT molecular complexity index is 1270. The molecule has 4 aromatic rings. The van der Waals surface area contributed by atoms with E-state index in [4.69, 9.17) is 0 Å². The zero-order chi connectivity index (χ0) is 25.9. The molecule has 2 aromatic heterocycles. The number of hydrogen-bond donors (Lipinski definition) is 2. The van der Waals surface area contributed by atoms with Gasteiger partial charge in [-0.3, -0.25) is 19.6 Å². The average molecular weight is 493 g/mol. The molecule has 0 aliphatic carbocycles. The molecule has 4 rings (SSSR count). The monoisotopic (exact) mass is 492 g/mol. The van der Waals surface area contributed by atoms with Crippen LogP contribution in [0.5, 0.6) is 0 Å². The second kappa shape index (κ2) is 13.1. The Morgan fingerprint density at radius 3 is 1.49 bits per heavy atom. The summed E-state index contributed by atoms with van der Waals surface area (Å²) in [6.45, 7) is 2.00. The fraction of sp³-hybridized carbons (Fsp3) is 0.226. The van der Waals surface area contributed by atoms with Gasteiger partial charge in [0.05, 0.1) is 0 Å². The van der Waals surface area contributed by atoms with Gasteiger partial charge in [0, 0.05) is 49.0 Å². The average Bonchev–Trinajstić information content (AvgIpc) is 2.91. The summed E-state index contributed by atoms with van der Waals surface area (Å²) in [5, 5.41) is 5.91. The van der Waals surface area contributed by atoms with E-state index in [1.807, 2.05) is 79.7 Å². The van der Waals surface area contributed by atoms with Crippen molar-refractivity contribution >= 4 is 23.2 Å². The maximum absolute atomic E-state index is 12.5. The molecule has 2 heterocycles. The number of nitrogens with one attached hydrogen (secondary N) is 2. The van der Waals surface area contributed by atoms with Crippen molar-refractivity contribution in [2.45, 2.75) is 39.0 Å². The number of hydrogen-bond acceptors (Lipinski definition) is 4. The number of rotatable bonds is 11. The van der Waals surface area contributed by atoms with Gasteiger partial charge in [-0.15, -0.1) is 0 Å². The lowest BCUT2D eigenvalue weighted by Gasteiger charge is -2.12. The lowest BCUT2D eigenvalue weighted by molar-refractivity contribution is -0.118. The standard InChI is InChI=1S/C31H32N4O2/c1-23(20-31(37)35-29-9-5-25(6-10-29)22-27-14-18-33-19-15-27)2-11-30(36)34-28-7-3-24(4-8-28)21-26-12-16-32-17-13-26/h3-10,12-19,23H,2,11,20-22H2,1H3,(H,34,36)(H,35,37). The third-order valence-corrected chi connectivity index (χ3v) is 6.19. The molecule has 0 fully saturated rings. The van der Waals surface area contributed by atoms with Gasteiger partial charge in [-0.2, -0.15) is 0 Å². The molecule has 0 aliphatic rings. The highest BCUT2D eigenvalue weighted by Crippen LogP contribution is 2.17. The summed E-state index contributed by atoms with van der Waals surface area (Å²) in [7, 11) is 0. The van der Waals surface area contributed by atoms with Crippen molar-refractivity contribution in [2.75, 3.05) is 10.6 Å². The number of nitrogens with zero attached hydrogens (tertiary/aromatic N) is 2. The van der Waals surface area contributed by atoms with Crippen molar-refractivity contribution in [3.05, 3.63) is 120 Å². The normalized spacial score (nSPS) is 11.5. The molecule has 188 valence electrons. The fourth-order valence-corrected chi connectivity index (χ4v) is 4.12. The van der Waals surface area contributed by atoms with E-state index in [0.29, 0.717) is 19.3 Å². The summed E-state index contributed by atoms with van der Waals surface area (Å²) >= 11 is 0. The van der Waals surface area contributed by atoms with Crippen LogP contribution in [-0.2, 0) is 22.4 Å². The van der Waals surface area contributed by atoms with Crippen LogP contribution in [0.25, 0.3) is 0 Å². The van der Waals surface area contributed by atoms with Crippen LogP contribution < -0.4 is 10.6 Å². The van der Waals surface area contributed by atoms with E-state index in [1.54, 1.807) is 24.8 Å². The molecule has 0 spiro atoms. The van der Waals surface area contributed by atoms with Gasteiger partial charge in [0.2, 0.25) is 11.8 Å². The van der Waals surface area contributed by atoms with Crippen LogP contribution in [0, 0.1) is 5.92 Å².